The summed E-state index contributed by atoms with van der Waals surface area (Å²) in [5, 5.41) is 5.86. The lowest BCUT2D eigenvalue weighted by Crippen LogP contribution is -1.80. The summed E-state index contributed by atoms with van der Waals surface area (Å²) in [6, 6.07) is 27.6. The molecule has 0 amide bonds. The highest BCUT2D eigenvalue weighted by atomic mass is 35.5. The Morgan fingerprint density at radius 2 is 1.05 bits per heavy atom. The highest BCUT2D eigenvalue weighted by Gasteiger charge is 2.02. The monoisotopic (exact) mass is 288 g/mol. The van der Waals surface area contributed by atoms with Crippen LogP contribution in [0.2, 0.25) is 5.02 Å². The van der Waals surface area contributed by atoms with Gasteiger partial charge in [-0.15, -0.1) is 0 Å². The minimum absolute atomic E-state index is 0.769. The molecule has 0 saturated carbocycles. The summed E-state index contributed by atoms with van der Waals surface area (Å²) >= 11 is 5.96. The maximum atomic E-state index is 5.96. The van der Waals surface area contributed by atoms with Gasteiger partial charge in [-0.3, -0.25) is 0 Å². The molecule has 1 heteroatoms. The third-order valence-electron chi connectivity index (χ3n) is 3.88. The van der Waals surface area contributed by atoms with Crippen LogP contribution in [0.5, 0.6) is 0 Å². The summed E-state index contributed by atoms with van der Waals surface area (Å²) < 4.78 is 0. The van der Waals surface area contributed by atoms with Crippen molar-refractivity contribution in [2.45, 2.75) is 0 Å². The summed E-state index contributed by atoms with van der Waals surface area (Å²) in [4.78, 5) is 0. The second-order valence-electron chi connectivity index (χ2n) is 5.27. The van der Waals surface area contributed by atoms with E-state index in [1.807, 2.05) is 12.1 Å². The van der Waals surface area contributed by atoms with Crippen LogP contribution in [0.25, 0.3) is 32.7 Å². The number of hydrogen-bond donors (Lipinski definition) is 0. The van der Waals surface area contributed by atoms with Crippen molar-refractivity contribution < 1.29 is 0 Å². The van der Waals surface area contributed by atoms with Gasteiger partial charge in [0.05, 0.1) is 0 Å². The molecule has 0 unspecified atom stereocenters. The minimum Gasteiger partial charge on any atom is -0.0843 e. The third-order valence-corrected chi connectivity index (χ3v) is 4.13. The topological polar surface area (TPSA) is 0 Å². The van der Waals surface area contributed by atoms with Gasteiger partial charge in [0, 0.05) is 5.02 Å². The van der Waals surface area contributed by atoms with Gasteiger partial charge in [0.1, 0.15) is 0 Å². The molecule has 0 fully saturated rings. The molecule has 0 radical (unpaired) electrons. The zero-order valence-corrected chi connectivity index (χ0v) is 12.1. The Kier molecular flexibility index (Phi) is 2.90. The maximum absolute atomic E-state index is 5.96. The van der Waals surface area contributed by atoms with Crippen LogP contribution in [-0.2, 0) is 0 Å². The SMILES string of the molecule is Clc1ccc(-c2ccc3cc4ccccc4cc3c2)cc1. The second-order valence-corrected chi connectivity index (χ2v) is 5.70. The average molecular weight is 289 g/mol. The van der Waals surface area contributed by atoms with Gasteiger partial charge in [-0.25, -0.2) is 0 Å². The molecule has 0 heterocycles. The van der Waals surface area contributed by atoms with E-state index in [0.717, 1.165) is 5.02 Å². The highest BCUT2D eigenvalue weighted by molar-refractivity contribution is 6.30. The molecule has 0 aliphatic carbocycles. The fourth-order valence-corrected chi connectivity index (χ4v) is 2.89. The first kappa shape index (κ1) is 12.4. The van der Waals surface area contributed by atoms with E-state index in [4.69, 9.17) is 11.6 Å². The van der Waals surface area contributed by atoms with Crippen LogP contribution in [0.4, 0.5) is 0 Å². The summed E-state index contributed by atoms with van der Waals surface area (Å²) in [5.41, 5.74) is 2.41. The van der Waals surface area contributed by atoms with Crippen molar-refractivity contribution in [3.05, 3.63) is 83.9 Å². The Hall–Kier alpha value is -2.31. The van der Waals surface area contributed by atoms with E-state index >= 15 is 0 Å². The molecule has 0 nitrogen and oxygen atoms in total. The number of benzene rings is 4. The molecular weight excluding hydrogens is 276 g/mol. The van der Waals surface area contributed by atoms with Gasteiger partial charge < -0.3 is 0 Å². The van der Waals surface area contributed by atoms with Crippen LogP contribution in [-0.4, -0.2) is 0 Å². The molecule has 0 aromatic heterocycles. The van der Waals surface area contributed by atoms with E-state index in [2.05, 4.69) is 66.7 Å². The first-order valence-electron chi connectivity index (χ1n) is 6.98. The summed E-state index contributed by atoms with van der Waals surface area (Å²) in [7, 11) is 0. The average Bonchev–Trinajstić information content (AvgIpc) is 2.53. The van der Waals surface area contributed by atoms with Crippen LogP contribution in [0.1, 0.15) is 0 Å². The molecule has 4 aromatic rings. The third kappa shape index (κ3) is 2.28. The molecule has 0 N–H and O–H groups in total. The fourth-order valence-electron chi connectivity index (χ4n) is 2.76. The van der Waals surface area contributed by atoms with Crippen molar-refractivity contribution in [2.24, 2.45) is 0 Å². The molecule has 21 heavy (non-hydrogen) atoms. The van der Waals surface area contributed by atoms with Gasteiger partial charge >= 0.3 is 0 Å². The van der Waals surface area contributed by atoms with Crippen LogP contribution >= 0.6 is 11.6 Å². The van der Waals surface area contributed by atoms with Gasteiger partial charge in [0.2, 0.25) is 0 Å². The lowest BCUT2D eigenvalue weighted by atomic mass is 9.99. The van der Waals surface area contributed by atoms with Crippen LogP contribution < -0.4 is 0 Å². The largest absolute Gasteiger partial charge is 0.0843 e. The molecule has 0 aliphatic rings. The molecule has 100 valence electrons. The smallest absolute Gasteiger partial charge is 0.0406 e. The van der Waals surface area contributed by atoms with E-state index in [1.165, 1.54) is 32.7 Å². The standard InChI is InChI=1S/C20H13Cl/c21-20-9-7-14(8-10-20)17-5-6-18-11-15-3-1-2-4-16(15)12-19(18)13-17/h1-13H. The van der Waals surface area contributed by atoms with Gasteiger partial charge in [0.25, 0.3) is 0 Å². The minimum atomic E-state index is 0.769. The van der Waals surface area contributed by atoms with Crippen molar-refractivity contribution in [1.82, 2.24) is 0 Å². The van der Waals surface area contributed by atoms with Crippen LogP contribution in [0, 0.1) is 0 Å². The van der Waals surface area contributed by atoms with E-state index in [1.54, 1.807) is 0 Å². The Morgan fingerprint density at radius 1 is 0.476 bits per heavy atom. The van der Waals surface area contributed by atoms with E-state index < -0.39 is 0 Å². The van der Waals surface area contributed by atoms with Crippen molar-refractivity contribution in [3.63, 3.8) is 0 Å². The predicted molar refractivity (Wildman–Crippen MR) is 91.9 cm³/mol. The van der Waals surface area contributed by atoms with Gasteiger partial charge in [0.15, 0.2) is 0 Å². The van der Waals surface area contributed by atoms with Crippen LogP contribution in [0.3, 0.4) is 0 Å². The van der Waals surface area contributed by atoms with E-state index in [9.17, 15) is 0 Å². The van der Waals surface area contributed by atoms with Gasteiger partial charge in [-0.2, -0.15) is 0 Å². The normalized spacial score (nSPS) is 11.1. The van der Waals surface area contributed by atoms with E-state index in [0.29, 0.717) is 0 Å². The molecule has 4 aromatic carbocycles. The first-order chi connectivity index (χ1) is 10.3. The fraction of sp³-hybridized carbons (Fsp3) is 0. The van der Waals surface area contributed by atoms with Crippen molar-refractivity contribution in [3.8, 4) is 11.1 Å². The molecule has 0 bridgehead atoms. The Balaban J connectivity index is 1.92. The van der Waals surface area contributed by atoms with Crippen LogP contribution in [0.15, 0.2) is 78.9 Å². The maximum Gasteiger partial charge on any atom is 0.0406 e. The van der Waals surface area contributed by atoms with Crippen molar-refractivity contribution >= 4 is 33.1 Å². The zero-order chi connectivity index (χ0) is 14.2. The Morgan fingerprint density at radius 3 is 1.76 bits per heavy atom. The lowest BCUT2D eigenvalue weighted by Gasteiger charge is -2.06. The number of halogens is 1. The predicted octanol–water partition coefficient (Wildman–Crippen LogP) is 6.31. The zero-order valence-electron chi connectivity index (χ0n) is 11.4. The molecular formula is C20H13Cl. The lowest BCUT2D eigenvalue weighted by molar-refractivity contribution is 1.65. The second kappa shape index (κ2) is 4.91. The summed E-state index contributed by atoms with van der Waals surface area (Å²) in [5.74, 6) is 0. The molecule has 0 spiro atoms. The number of hydrogen-bond acceptors (Lipinski definition) is 0. The van der Waals surface area contributed by atoms with Crippen molar-refractivity contribution in [1.29, 1.82) is 0 Å². The number of rotatable bonds is 1. The van der Waals surface area contributed by atoms with E-state index in [-0.39, 0.29) is 0 Å². The quantitative estimate of drug-likeness (QED) is 0.360. The van der Waals surface area contributed by atoms with Gasteiger partial charge in [-0.1, -0.05) is 60.1 Å². The molecule has 0 saturated heterocycles. The Labute approximate surface area is 128 Å². The molecule has 0 atom stereocenters. The highest BCUT2D eigenvalue weighted by Crippen LogP contribution is 2.28. The summed E-state index contributed by atoms with van der Waals surface area (Å²) in [6.07, 6.45) is 0. The molecule has 0 aliphatic heterocycles. The van der Waals surface area contributed by atoms with Crippen molar-refractivity contribution in [2.75, 3.05) is 0 Å². The summed E-state index contributed by atoms with van der Waals surface area (Å²) in [6.45, 7) is 0. The Bertz CT molecular complexity index is 937. The first-order valence-corrected chi connectivity index (χ1v) is 7.36. The molecule has 4 rings (SSSR count). The van der Waals surface area contributed by atoms with Gasteiger partial charge in [-0.05, 0) is 63.0 Å². The number of fused-ring (bicyclic) bond motifs is 2.